The minimum Gasteiger partial charge on any atom is -0.497 e. The van der Waals surface area contributed by atoms with Crippen molar-refractivity contribution < 1.29 is 23.7 Å². The number of hydrogen-bond acceptors (Lipinski definition) is 7. The summed E-state index contributed by atoms with van der Waals surface area (Å²) in [5, 5.41) is 13.7. The fraction of sp³-hybridized carbons (Fsp3) is 0.190. The van der Waals surface area contributed by atoms with Gasteiger partial charge in [-0.05, 0) is 36.8 Å². The zero-order valence-electron chi connectivity index (χ0n) is 16.7. The maximum atomic E-state index is 13.1. The van der Waals surface area contributed by atoms with Gasteiger partial charge in [0.05, 0.1) is 24.3 Å². The molecule has 0 unspecified atom stereocenters. The Kier molecular flexibility index (Phi) is 4.90. The fourth-order valence-electron chi connectivity index (χ4n) is 3.37. The van der Waals surface area contributed by atoms with Crippen LogP contribution in [0.5, 0.6) is 5.75 Å². The molecule has 10 heteroatoms. The van der Waals surface area contributed by atoms with E-state index in [0.29, 0.717) is 28.5 Å². The molecule has 3 aromatic rings. The summed E-state index contributed by atoms with van der Waals surface area (Å²) in [5.74, 6) is 0.494. The van der Waals surface area contributed by atoms with Crippen LogP contribution in [0.15, 0.2) is 59.2 Å². The number of carbonyl (C=O) groups excluding carboxylic acids is 2. The Bertz CT molecular complexity index is 1170. The predicted octanol–water partition coefficient (Wildman–Crippen LogP) is 3.23. The van der Waals surface area contributed by atoms with Crippen molar-refractivity contribution in [3.05, 3.63) is 76.2 Å². The van der Waals surface area contributed by atoms with Gasteiger partial charge in [-0.2, -0.15) is 0 Å². The lowest BCUT2D eigenvalue weighted by molar-refractivity contribution is -0.385. The molecular weight excluding hydrogens is 404 g/mol. The molecule has 1 aliphatic rings. The van der Waals surface area contributed by atoms with Crippen molar-refractivity contribution in [2.45, 2.75) is 19.0 Å². The van der Waals surface area contributed by atoms with Crippen LogP contribution in [-0.2, 0) is 16.9 Å². The van der Waals surface area contributed by atoms with E-state index in [0.717, 1.165) is 4.90 Å². The number of methoxy groups -OCH3 is 1. The van der Waals surface area contributed by atoms with Gasteiger partial charge in [0.1, 0.15) is 17.6 Å². The second-order valence-electron chi connectivity index (χ2n) is 7.13. The highest BCUT2D eigenvalue weighted by Gasteiger charge is 2.49. The van der Waals surface area contributed by atoms with E-state index in [4.69, 9.17) is 9.15 Å². The largest absolute Gasteiger partial charge is 0.497 e. The number of urea groups is 1. The fourth-order valence-corrected chi connectivity index (χ4v) is 3.37. The molecule has 0 saturated carbocycles. The van der Waals surface area contributed by atoms with Gasteiger partial charge in [0.25, 0.3) is 11.6 Å². The van der Waals surface area contributed by atoms with E-state index in [9.17, 15) is 19.7 Å². The lowest BCUT2D eigenvalue weighted by Gasteiger charge is -2.21. The maximum absolute atomic E-state index is 13.1. The molecule has 1 saturated heterocycles. The number of imide groups is 1. The highest BCUT2D eigenvalue weighted by Crippen LogP contribution is 2.32. The minimum absolute atomic E-state index is 0.102. The molecule has 0 aliphatic carbocycles. The number of nitro benzene ring substituents is 1. The Morgan fingerprint density at radius 2 is 1.97 bits per heavy atom. The average Bonchev–Trinajstić information content (AvgIpc) is 3.33. The molecule has 0 radical (unpaired) electrons. The molecule has 4 rings (SSSR count). The van der Waals surface area contributed by atoms with Gasteiger partial charge in [-0.1, -0.05) is 12.1 Å². The number of nitrogens with zero attached hydrogens (tertiary/aromatic N) is 3. The number of aromatic nitrogens is 1. The quantitative estimate of drug-likeness (QED) is 0.367. The molecule has 2 aromatic carbocycles. The van der Waals surface area contributed by atoms with Crippen LogP contribution in [0.1, 0.15) is 18.2 Å². The summed E-state index contributed by atoms with van der Waals surface area (Å²) in [4.78, 5) is 41.5. The molecule has 1 aromatic heterocycles. The molecule has 1 atom stereocenters. The third kappa shape index (κ3) is 3.59. The van der Waals surface area contributed by atoms with Crippen molar-refractivity contribution in [2.75, 3.05) is 7.11 Å². The van der Waals surface area contributed by atoms with E-state index >= 15 is 0 Å². The number of nitrogens with one attached hydrogen (secondary N) is 1. The highest BCUT2D eigenvalue weighted by molar-refractivity contribution is 6.07. The van der Waals surface area contributed by atoms with Crippen LogP contribution in [0.25, 0.3) is 11.5 Å². The Labute approximate surface area is 176 Å². The maximum Gasteiger partial charge on any atom is 0.325 e. The Balaban J connectivity index is 1.55. The molecule has 10 nitrogen and oxygen atoms in total. The molecule has 158 valence electrons. The van der Waals surface area contributed by atoms with Gasteiger partial charge in [-0.25, -0.2) is 9.78 Å². The molecule has 2 heterocycles. The van der Waals surface area contributed by atoms with Crippen LogP contribution in [0.3, 0.4) is 0 Å². The van der Waals surface area contributed by atoms with Crippen LogP contribution in [0.4, 0.5) is 10.5 Å². The van der Waals surface area contributed by atoms with Crippen molar-refractivity contribution in [1.29, 1.82) is 0 Å². The monoisotopic (exact) mass is 422 g/mol. The van der Waals surface area contributed by atoms with E-state index in [1.807, 2.05) is 0 Å². The van der Waals surface area contributed by atoms with Crippen LogP contribution >= 0.6 is 0 Å². The Morgan fingerprint density at radius 1 is 1.23 bits per heavy atom. The molecule has 1 aliphatic heterocycles. The Hall–Kier alpha value is -4.21. The van der Waals surface area contributed by atoms with Crippen molar-refractivity contribution >= 4 is 17.6 Å². The molecule has 1 fully saturated rings. The number of non-ortho nitro benzene ring substituents is 1. The van der Waals surface area contributed by atoms with Gasteiger partial charge >= 0.3 is 6.03 Å². The van der Waals surface area contributed by atoms with Gasteiger partial charge < -0.3 is 14.5 Å². The highest BCUT2D eigenvalue weighted by atomic mass is 16.6. The van der Waals surface area contributed by atoms with Crippen molar-refractivity contribution in [1.82, 2.24) is 15.2 Å². The number of ether oxygens (including phenoxy) is 1. The summed E-state index contributed by atoms with van der Waals surface area (Å²) in [7, 11) is 1.57. The van der Waals surface area contributed by atoms with Crippen LogP contribution in [0.2, 0.25) is 0 Å². The van der Waals surface area contributed by atoms with Gasteiger partial charge in [-0.15, -0.1) is 0 Å². The number of amides is 3. The number of carbonyl (C=O) groups is 2. The molecule has 0 spiro atoms. The number of nitro groups is 1. The number of oxazole rings is 1. The normalized spacial score (nSPS) is 18.2. The lowest BCUT2D eigenvalue weighted by atomic mass is 9.91. The first kappa shape index (κ1) is 20.1. The molecule has 3 amide bonds. The van der Waals surface area contributed by atoms with Crippen molar-refractivity contribution in [3.63, 3.8) is 0 Å². The minimum atomic E-state index is -1.42. The number of rotatable bonds is 6. The van der Waals surface area contributed by atoms with E-state index < -0.39 is 22.4 Å². The molecule has 1 N–H and O–H groups in total. The summed E-state index contributed by atoms with van der Waals surface area (Å²) < 4.78 is 10.6. The smallest absolute Gasteiger partial charge is 0.325 e. The van der Waals surface area contributed by atoms with Crippen molar-refractivity contribution in [2.24, 2.45) is 0 Å². The second kappa shape index (κ2) is 7.56. The van der Waals surface area contributed by atoms with Crippen molar-refractivity contribution in [3.8, 4) is 17.2 Å². The van der Waals surface area contributed by atoms with Gasteiger partial charge in [0, 0.05) is 17.7 Å². The third-order valence-electron chi connectivity index (χ3n) is 5.12. The SMILES string of the molecule is COc1ccc(-c2nc(CN3C(=O)N[C@@](C)(c4cccc([N+](=O)[O-])c4)C3=O)co2)cc1. The summed E-state index contributed by atoms with van der Waals surface area (Å²) in [6.07, 6.45) is 1.38. The summed E-state index contributed by atoms with van der Waals surface area (Å²) >= 11 is 0. The number of hydrogen-bond donors (Lipinski definition) is 1. The Morgan fingerprint density at radius 3 is 2.65 bits per heavy atom. The van der Waals surface area contributed by atoms with E-state index in [-0.39, 0.29) is 12.2 Å². The first-order chi connectivity index (χ1) is 14.8. The van der Waals surface area contributed by atoms with Gasteiger partial charge in [0.15, 0.2) is 0 Å². The first-order valence-corrected chi connectivity index (χ1v) is 9.29. The van der Waals surface area contributed by atoms with Crippen LogP contribution < -0.4 is 10.1 Å². The summed E-state index contributed by atoms with van der Waals surface area (Å²) in [6.45, 7) is 1.41. The third-order valence-corrected chi connectivity index (χ3v) is 5.12. The van der Waals surface area contributed by atoms with E-state index in [2.05, 4.69) is 10.3 Å². The topological polar surface area (TPSA) is 128 Å². The first-order valence-electron chi connectivity index (χ1n) is 9.29. The van der Waals surface area contributed by atoms with E-state index in [1.165, 1.54) is 31.4 Å². The molecule has 31 heavy (non-hydrogen) atoms. The van der Waals surface area contributed by atoms with Crippen LogP contribution in [0, 0.1) is 10.1 Å². The average molecular weight is 422 g/mol. The lowest BCUT2D eigenvalue weighted by Crippen LogP contribution is -2.40. The number of benzene rings is 2. The zero-order chi connectivity index (χ0) is 22.2. The van der Waals surface area contributed by atoms with E-state index in [1.54, 1.807) is 37.4 Å². The van der Waals surface area contributed by atoms with Gasteiger partial charge in [-0.3, -0.25) is 19.8 Å². The van der Waals surface area contributed by atoms with Gasteiger partial charge in [0.2, 0.25) is 5.89 Å². The summed E-state index contributed by atoms with van der Waals surface area (Å²) in [5.41, 5.74) is -0.171. The molecule has 0 bridgehead atoms. The van der Waals surface area contributed by atoms with Crippen LogP contribution in [-0.4, -0.2) is 33.9 Å². The molecular formula is C21H18N4O6. The second-order valence-corrected chi connectivity index (χ2v) is 7.13. The zero-order valence-corrected chi connectivity index (χ0v) is 16.7. The summed E-state index contributed by atoms with van der Waals surface area (Å²) in [6, 6.07) is 12.1. The predicted molar refractivity (Wildman–Crippen MR) is 108 cm³/mol. The standard InChI is InChI=1S/C21H18N4O6/c1-21(14-4-3-5-16(10-14)25(28)29)19(26)24(20(27)23-21)11-15-12-31-18(22-15)13-6-8-17(30-2)9-7-13/h3-10,12H,11H2,1-2H3,(H,23,27)/t21-/m0/s1.